The van der Waals surface area contributed by atoms with Crippen molar-refractivity contribution in [3.05, 3.63) is 24.3 Å². The number of anilines is 1. The Labute approximate surface area is 161 Å². The van der Waals surface area contributed by atoms with Gasteiger partial charge in [-0.05, 0) is 63.8 Å². The lowest BCUT2D eigenvalue weighted by molar-refractivity contribution is -0.126. The van der Waals surface area contributed by atoms with Crippen molar-refractivity contribution in [2.75, 3.05) is 30.5 Å². The fourth-order valence-corrected chi connectivity index (χ4v) is 5.13. The molecule has 2 fully saturated rings. The lowest BCUT2D eigenvalue weighted by Crippen LogP contribution is -2.50. The van der Waals surface area contributed by atoms with Crippen LogP contribution in [0.5, 0.6) is 5.75 Å². The highest BCUT2D eigenvalue weighted by molar-refractivity contribution is 7.90. The maximum absolute atomic E-state index is 13.2. The van der Waals surface area contributed by atoms with Crippen molar-refractivity contribution in [3.8, 4) is 5.75 Å². The van der Waals surface area contributed by atoms with Crippen molar-refractivity contribution in [2.24, 2.45) is 5.92 Å². The maximum Gasteiger partial charge on any atom is 0.304 e. The Morgan fingerprint density at radius 1 is 1.22 bits per heavy atom. The molecule has 1 unspecified atom stereocenters. The largest absolute Gasteiger partial charge is 0.494 e. The number of carbonyl (C=O) groups excluding carboxylic acids is 1. The van der Waals surface area contributed by atoms with Gasteiger partial charge in [0.05, 0.1) is 18.2 Å². The van der Waals surface area contributed by atoms with Crippen LogP contribution >= 0.6 is 0 Å². The van der Waals surface area contributed by atoms with Gasteiger partial charge in [-0.3, -0.25) is 9.10 Å². The molecular formula is C19H29N3O4S. The van der Waals surface area contributed by atoms with Crippen molar-refractivity contribution in [2.45, 2.75) is 45.6 Å². The van der Waals surface area contributed by atoms with Crippen molar-refractivity contribution in [1.82, 2.24) is 9.62 Å². The maximum atomic E-state index is 13.2. The first-order chi connectivity index (χ1) is 13.0. The summed E-state index contributed by atoms with van der Waals surface area (Å²) in [7, 11) is -3.69. The molecule has 7 nitrogen and oxygen atoms in total. The molecule has 0 spiro atoms. The molecule has 1 N–H and O–H groups in total. The summed E-state index contributed by atoms with van der Waals surface area (Å²) in [6.45, 7) is 5.30. The lowest BCUT2D eigenvalue weighted by Gasteiger charge is -2.35. The molecule has 150 valence electrons. The van der Waals surface area contributed by atoms with Crippen molar-refractivity contribution in [1.29, 1.82) is 0 Å². The second-order valence-electron chi connectivity index (χ2n) is 7.08. The van der Waals surface area contributed by atoms with E-state index in [1.54, 1.807) is 24.3 Å². The van der Waals surface area contributed by atoms with Crippen LogP contribution in [0, 0.1) is 5.92 Å². The van der Waals surface area contributed by atoms with E-state index in [0.29, 0.717) is 43.6 Å². The van der Waals surface area contributed by atoms with Gasteiger partial charge in [-0.25, -0.2) is 0 Å². The fourth-order valence-electron chi connectivity index (χ4n) is 3.41. The van der Waals surface area contributed by atoms with Crippen LogP contribution in [0.4, 0.5) is 5.69 Å². The average molecular weight is 396 g/mol. The molecule has 1 saturated carbocycles. The molecule has 2 aliphatic rings. The van der Waals surface area contributed by atoms with Crippen LogP contribution in [-0.2, 0) is 15.0 Å². The van der Waals surface area contributed by atoms with Gasteiger partial charge in [0.1, 0.15) is 5.75 Å². The molecule has 1 aromatic carbocycles. The molecule has 0 aromatic heterocycles. The topological polar surface area (TPSA) is 79.0 Å². The van der Waals surface area contributed by atoms with Crippen LogP contribution in [0.15, 0.2) is 24.3 Å². The minimum Gasteiger partial charge on any atom is -0.494 e. The molecule has 1 saturated heterocycles. The van der Waals surface area contributed by atoms with Crippen LogP contribution in [0.3, 0.4) is 0 Å². The highest BCUT2D eigenvalue weighted by Crippen LogP contribution is 2.27. The zero-order valence-electron chi connectivity index (χ0n) is 16.1. The minimum atomic E-state index is -3.69. The molecule has 0 radical (unpaired) electrons. The molecule has 3 rings (SSSR count). The van der Waals surface area contributed by atoms with E-state index >= 15 is 0 Å². The number of piperidine rings is 1. The normalized spacial score (nSPS) is 20.9. The van der Waals surface area contributed by atoms with E-state index in [2.05, 4.69) is 5.32 Å². The smallest absolute Gasteiger partial charge is 0.304 e. The number of hydrogen-bond acceptors (Lipinski definition) is 4. The third-order valence-corrected chi connectivity index (χ3v) is 7.02. The summed E-state index contributed by atoms with van der Waals surface area (Å²) in [5.74, 6) is 0.430. The Hall–Kier alpha value is -1.80. The molecule has 1 atom stereocenters. The van der Waals surface area contributed by atoms with E-state index in [9.17, 15) is 13.2 Å². The Morgan fingerprint density at radius 2 is 1.93 bits per heavy atom. The van der Waals surface area contributed by atoms with E-state index in [4.69, 9.17) is 4.74 Å². The third kappa shape index (κ3) is 4.73. The second kappa shape index (κ2) is 8.48. The summed E-state index contributed by atoms with van der Waals surface area (Å²) in [6, 6.07) is 7.36. The van der Waals surface area contributed by atoms with Crippen molar-refractivity contribution in [3.63, 3.8) is 0 Å². The number of rotatable bonds is 8. The van der Waals surface area contributed by atoms with Crippen LogP contribution < -0.4 is 14.4 Å². The molecule has 0 bridgehead atoms. The zero-order chi connectivity index (χ0) is 19.4. The number of benzene rings is 1. The Bertz CT molecular complexity index is 747. The summed E-state index contributed by atoms with van der Waals surface area (Å²) < 4.78 is 34.7. The van der Waals surface area contributed by atoms with E-state index < -0.39 is 10.2 Å². The van der Waals surface area contributed by atoms with Crippen LogP contribution in [0.2, 0.25) is 0 Å². The number of amides is 1. The lowest BCUT2D eigenvalue weighted by atomic mass is 9.99. The van der Waals surface area contributed by atoms with Gasteiger partial charge in [-0.1, -0.05) is 0 Å². The van der Waals surface area contributed by atoms with E-state index in [1.807, 2.05) is 13.8 Å². The number of nitrogens with zero attached hydrogens (tertiary/aromatic N) is 2. The van der Waals surface area contributed by atoms with Gasteiger partial charge in [0.15, 0.2) is 0 Å². The summed E-state index contributed by atoms with van der Waals surface area (Å²) in [6.07, 6.45) is 3.49. The summed E-state index contributed by atoms with van der Waals surface area (Å²) in [4.78, 5) is 12.4. The van der Waals surface area contributed by atoms with E-state index in [-0.39, 0.29) is 18.4 Å². The number of hydrogen-bond donors (Lipinski definition) is 1. The van der Waals surface area contributed by atoms with Crippen LogP contribution in [0.1, 0.15) is 39.5 Å². The molecular weight excluding hydrogens is 366 g/mol. The summed E-state index contributed by atoms with van der Waals surface area (Å²) >= 11 is 0. The molecule has 8 heteroatoms. The van der Waals surface area contributed by atoms with Crippen molar-refractivity contribution < 1.29 is 17.9 Å². The Kier molecular flexibility index (Phi) is 6.26. The average Bonchev–Trinajstić information content (AvgIpc) is 3.48. The SMILES string of the molecule is CCOc1ccc(N(CC)S(=O)(=O)N2CCCC(C(=O)NC3CC3)C2)cc1. The molecule has 1 aliphatic carbocycles. The third-order valence-electron chi connectivity index (χ3n) is 5.01. The predicted molar refractivity (Wildman–Crippen MR) is 105 cm³/mol. The van der Waals surface area contributed by atoms with Gasteiger partial charge >= 0.3 is 10.2 Å². The number of ether oxygens (including phenoxy) is 1. The quantitative estimate of drug-likeness (QED) is 0.731. The van der Waals surface area contributed by atoms with E-state index in [1.165, 1.54) is 8.61 Å². The van der Waals surface area contributed by atoms with Crippen molar-refractivity contribution >= 4 is 21.8 Å². The van der Waals surface area contributed by atoms with E-state index in [0.717, 1.165) is 19.3 Å². The van der Waals surface area contributed by atoms with Crippen LogP contribution in [-0.4, -0.2) is 50.9 Å². The molecule has 1 amide bonds. The highest BCUT2D eigenvalue weighted by atomic mass is 32.2. The van der Waals surface area contributed by atoms with Gasteiger partial charge in [-0.15, -0.1) is 0 Å². The Balaban J connectivity index is 1.72. The van der Waals surface area contributed by atoms with Gasteiger partial charge in [-0.2, -0.15) is 12.7 Å². The monoisotopic (exact) mass is 395 g/mol. The summed E-state index contributed by atoms with van der Waals surface area (Å²) in [5, 5.41) is 3.00. The predicted octanol–water partition coefficient (Wildman–Crippen LogP) is 2.15. The van der Waals surface area contributed by atoms with Gasteiger partial charge in [0, 0.05) is 25.7 Å². The minimum absolute atomic E-state index is 0.0125. The zero-order valence-corrected chi connectivity index (χ0v) is 16.9. The first kappa shape index (κ1) is 19.9. The van der Waals surface area contributed by atoms with Crippen LogP contribution in [0.25, 0.3) is 0 Å². The van der Waals surface area contributed by atoms with Gasteiger partial charge < -0.3 is 10.1 Å². The second-order valence-corrected chi connectivity index (χ2v) is 8.93. The molecule has 27 heavy (non-hydrogen) atoms. The molecule has 1 aromatic rings. The number of nitrogens with one attached hydrogen (secondary N) is 1. The first-order valence-corrected chi connectivity index (χ1v) is 11.2. The summed E-state index contributed by atoms with van der Waals surface area (Å²) in [5.41, 5.74) is 0.602. The Morgan fingerprint density at radius 3 is 2.52 bits per heavy atom. The van der Waals surface area contributed by atoms with Gasteiger partial charge in [0.2, 0.25) is 5.91 Å². The standard InChI is InChI=1S/C19H29N3O4S/c1-3-22(17-9-11-18(12-10-17)26-4-2)27(24,25)21-13-5-6-15(14-21)19(23)20-16-7-8-16/h9-12,15-16H,3-8,13-14H2,1-2H3,(H,20,23). The molecule has 1 heterocycles. The molecule has 1 aliphatic heterocycles. The fraction of sp³-hybridized carbons (Fsp3) is 0.632. The number of carbonyl (C=O) groups is 1. The first-order valence-electron chi connectivity index (χ1n) is 9.76. The highest BCUT2D eigenvalue weighted by Gasteiger charge is 2.37. The van der Waals surface area contributed by atoms with Gasteiger partial charge in [0.25, 0.3) is 0 Å².